The van der Waals surface area contributed by atoms with Gasteiger partial charge in [0.05, 0.1) is 5.92 Å². The van der Waals surface area contributed by atoms with Crippen molar-refractivity contribution >= 4 is 5.97 Å². The molecule has 90 valence electrons. The van der Waals surface area contributed by atoms with E-state index in [9.17, 15) is 4.79 Å². The van der Waals surface area contributed by atoms with Crippen molar-refractivity contribution in [3.05, 3.63) is 24.3 Å². The first-order valence-corrected chi connectivity index (χ1v) is 5.66. The molecule has 17 heavy (non-hydrogen) atoms. The number of carbonyl (C=O) groups is 1. The Hall–Kier alpha value is -1.93. The van der Waals surface area contributed by atoms with Crippen molar-refractivity contribution in [1.82, 2.24) is 0 Å². The molecule has 0 bridgehead atoms. The molecule has 0 fully saturated rings. The standard InChI is InChI=1S/C15H18O2/c1-4-6-7-8-9-10-11-12-13-17-15(16)14(3)5-2/h4,6,11-12,14H,5,13H2,1-3H3/b6-4-,12-11+. The average Bonchev–Trinajstić information content (AvgIpc) is 2.35. The Labute approximate surface area is 104 Å². The summed E-state index contributed by atoms with van der Waals surface area (Å²) in [6.45, 7) is 5.97. The summed E-state index contributed by atoms with van der Waals surface area (Å²) in [4.78, 5) is 11.3. The molecule has 0 saturated carbocycles. The van der Waals surface area contributed by atoms with Gasteiger partial charge in [0.1, 0.15) is 6.61 Å². The van der Waals surface area contributed by atoms with Crippen LogP contribution in [0.4, 0.5) is 0 Å². The predicted molar refractivity (Wildman–Crippen MR) is 69.9 cm³/mol. The van der Waals surface area contributed by atoms with E-state index in [-0.39, 0.29) is 18.5 Å². The maximum Gasteiger partial charge on any atom is 0.308 e. The summed E-state index contributed by atoms with van der Waals surface area (Å²) >= 11 is 0. The van der Waals surface area contributed by atoms with Gasteiger partial charge in [-0.15, -0.1) is 0 Å². The minimum Gasteiger partial charge on any atom is -0.461 e. The average molecular weight is 230 g/mol. The van der Waals surface area contributed by atoms with Crippen LogP contribution in [0.3, 0.4) is 0 Å². The third-order valence-electron chi connectivity index (χ3n) is 1.99. The first kappa shape index (κ1) is 15.1. The van der Waals surface area contributed by atoms with Crippen molar-refractivity contribution in [2.45, 2.75) is 27.2 Å². The molecule has 1 unspecified atom stereocenters. The molecule has 0 rings (SSSR count). The SMILES string of the molecule is C/C=C\C#CC#C/C=C/COC(=O)C(C)CC. The molecule has 0 aliphatic heterocycles. The lowest BCUT2D eigenvalue weighted by molar-refractivity contribution is -0.146. The molecule has 2 nitrogen and oxygen atoms in total. The molecule has 0 aromatic heterocycles. The Morgan fingerprint density at radius 3 is 2.53 bits per heavy atom. The van der Waals surface area contributed by atoms with Crippen molar-refractivity contribution in [3.8, 4) is 23.7 Å². The molecule has 0 aromatic carbocycles. The van der Waals surface area contributed by atoms with Crippen molar-refractivity contribution < 1.29 is 9.53 Å². The smallest absolute Gasteiger partial charge is 0.308 e. The first-order chi connectivity index (χ1) is 8.22. The molecule has 0 amide bonds. The van der Waals surface area contributed by atoms with Crippen molar-refractivity contribution in [2.75, 3.05) is 6.61 Å². The zero-order chi connectivity index (χ0) is 12.9. The number of allylic oxidation sites excluding steroid dienone is 3. The normalized spacial score (nSPS) is 11.5. The van der Waals surface area contributed by atoms with Crippen LogP contribution in [-0.4, -0.2) is 12.6 Å². The second kappa shape index (κ2) is 10.6. The highest BCUT2D eigenvalue weighted by Gasteiger charge is 2.10. The van der Waals surface area contributed by atoms with Crippen LogP contribution < -0.4 is 0 Å². The summed E-state index contributed by atoms with van der Waals surface area (Å²) in [5.74, 6) is 10.6. The van der Waals surface area contributed by atoms with E-state index in [4.69, 9.17) is 4.74 Å². The number of ether oxygens (including phenoxy) is 1. The van der Waals surface area contributed by atoms with Crippen LogP contribution in [0.5, 0.6) is 0 Å². The van der Waals surface area contributed by atoms with Crippen LogP contribution in [0, 0.1) is 29.6 Å². The molecule has 0 saturated heterocycles. The highest BCUT2D eigenvalue weighted by molar-refractivity contribution is 5.71. The first-order valence-electron chi connectivity index (χ1n) is 5.66. The van der Waals surface area contributed by atoms with Gasteiger partial charge in [-0.05, 0) is 43.4 Å². The van der Waals surface area contributed by atoms with Crippen LogP contribution in [0.2, 0.25) is 0 Å². The van der Waals surface area contributed by atoms with Crippen LogP contribution in [0.1, 0.15) is 27.2 Å². The van der Waals surface area contributed by atoms with Gasteiger partial charge in [-0.3, -0.25) is 4.79 Å². The van der Waals surface area contributed by atoms with Crippen LogP contribution in [0.15, 0.2) is 24.3 Å². The number of esters is 1. The fourth-order valence-corrected chi connectivity index (χ4v) is 0.785. The maximum atomic E-state index is 11.3. The van der Waals surface area contributed by atoms with E-state index in [0.717, 1.165) is 6.42 Å². The summed E-state index contributed by atoms with van der Waals surface area (Å²) in [6, 6.07) is 0. The Balaban J connectivity index is 3.83. The zero-order valence-electron chi connectivity index (χ0n) is 10.6. The summed E-state index contributed by atoms with van der Waals surface area (Å²) in [5, 5.41) is 0. The Morgan fingerprint density at radius 2 is 1.94 bits per heavy atom. The van der Waals surface area contributed by atoms with Crippen LogP contribution in [0.25, 0.3) is 0 Å². The number of rotatable bonds is 4. The second-order valence-corrected chi connectivity index (χ2v) is 3.38. The molecule has 0 radical (unpaired) electrons. The van der Waals surface area contributed by atoms with Gasteiger partial charge < -0.3 is 4.74 Å². The lowest BCUT2D eigenvalue weighted by Gasteiger charge is -2.06. The summed E-state index contributed by atoms with van der Waals surface area (Å²) in [6.07, 6.45) is 7.70. The van der Waals surface area contributed by atoms with E-state index in [2.05, 4.69) is 23.7 Å². The highest BCUT2D eigenvalue weighted by Crippen LogP contribution is 2.02. The van der Waals surface area contributed by atoms with E-state index >= 15 is 0 Å². The largest absolute Gasteiger partial charge is 0.461 e. The molecule has 2 heteroatoms. The number of hydrogen-bond acceptors (Lipinski definition) is 2. The molecular formula is C15H18O2. The molecular weight excluding hydrogens is 212 g/mol. The Kier molecular flexibility index (Phi) is 9.38. The van der Waals surface area contributed by atoms with Gasteiger partial charge in [0.15, 0.2) is 0 Å². The van der Waals surface area contributed by atoms with Gasteiger partial charge in [0, 0.05) is 0 Å². The minimum absolute atomic E-state index is 0.0406. The van der Waals surface area contributed by atoms with Crippen molar-refractivity contribution in [1.29, 1.82) is 0 Å². The Bertz CT molecular complexity index is 394. The van der Waals surface area contributed by atoms with Gasteiger partial charge in [-0.25, -0.2) is 0 Å². The molecule has 0 aromatic rings. The summed E-state index contributed by atoms with van der Waals surface area (Å²) in [5.41, 5.74) is 0. The number of carbonyl (C=O) groups excluding carboxylic acids is 1. The monoisotopic (exact) mass is 230 g/mol. The van der Waals surface area contributed by atoms with Crippen molar-refractivity contribution in [3.63, 3.8) is 0 Å². The second-order valence-electron chi connectivity index (χ2n) is 3.38. The molecule has 0 N–H and O–H groups in total. The Morgan fingerprint density at radius 1 is 1.29 bits per heavy atom. The fraction of sp³-hybridized carbons (Fsp3) is 0.400. The fourth-order valence-electron chi connectivity index (χ4n) is 0.785. The van der Waals surface area contributed by atoms with E-state index in [1.807, 2.05) is 26.8 Å². The van der Waals surface area contributed by atoms with E-state index < -0.39 is 0 Å². The third-order valence-corrected chi connectivity index (χ3v) is 1.99. The highest BCUT2D eigenvalue weighted by atomic mass is 16.5. The summed E-state index contributed by atoms with van der Waals surface area (Å²) < 4.78 is 5.00. The topological polar surface area (TPSA) is 26.3 Å². The van der Waals surface area contributed by atoms with Gasteiger partial charge in [0.2, 0.25) is 0 Å². The predicted octanol–water partition coefficient (Wildman–Crippen LogP) is 2.71. The quantitative estimate of drug-likeness (QED) is 0.548. The summed E-state index contributed by atoms with van der Waals surface area (Å²) in [7, 11) is 0. The molecule has 0 heterocycles. The molecule has 0 aliphatic rings. The van der Waals surface area contributed by atoms with Gasteiger partial charge in [-0.1, -0.05) is 31.8 Å². The third kappa shape index (κ3) is 9.03. The number of hydrogen-bond donors (Lipinski definition) is 0. The van der Waals surface area contributed by atoms with E-state index in [1.165, 1.54) is 0 Å². The lowest BCUT2D eigenvalue weighted by Crippen LogP contribution is -2.13. The van der Waals surface area contributed by atoms with Gasteiger partial charge in [-0.2, -0.15) is 0 Å². The minimum atomic E-state index is -0.169. The van der Waals surface area contributed by atoms with Crippen LogP contribution >= 0.6 is 0 Å². The maximum absolute atomic E-state index is 11.3. The van der Waals surface area contributed by atoms with Gasteiger partial charge in [0.25, 0.3) is 0 Å². The van der Waals surface area contributed by atoms with E-state index in [1.54, 1.807) is 18.2 Å². The van der Waals surface area contributed by atoms with Gasteiger partial charge >= 0.3 is 5.97 Å². The lowest BCUT2D eigenvalue weighted by atomic mass is 10.1. The van der Waals surface area contributed by atoms with Crippen LogP contribution in [-0.2, 0) is 9.53 Å². The molecule has 1 atom stereocenters. The molecule has 0 aliphatic carbocycles. The zero-order valence-corrected chi connectivity index (χ0v) is 10.6. The van der Waals surface area contributed by atoms with E-state index in [0.29, 0.717) is 0 Å². The molecule has 0 spiro atoms. The van der Waals surface area contributed by atoms with Crippen molar-refractivity contribution in [2.24, 2.45) is 5.92 Å².